The van der Waals surface area contributed by atoms with E-state index < -0.39 is 17.7 Å². The standard InChI is InChI=1S/C26H21N3O5/c1-14-12-17(34-2)10-11-18(14)23(31)21-22(15-6-5-7-16(30)13-15)29(25(33)24(21)32)26-27-19-8-3-4-9-20(19)28-26/h3-13,22,30-31H,1-2H3,(H,27,28)/b23-21+. The van der Waals surface area contributed by atoms with Gasteiger partial charge in [-0.1, -0.05) is 24.3 Å². The number of aromatic hydroxyl groups is 1. The van der Waals surface area contributed by atoms with Crippen LogP contribution in [0.5, 0.6) is 11.5 Å². The minimum atomic E-state index is -1.01. The van der Waals surface area contributed by atoms with Crippen LogP contribution in [0.2, 0.25) is 0 Å². The van der Waals surface area contributed by atoms with Crippen LogP contribution >= 0.6 is 0 Å². The number of aromatic amines is 1. The molecule has 0 aliphatic carbocycles. The Morgan fingerprint density at radius 3 is 2.56 bits per heavy atom. The van der Waals surface area contributed by atoms with Gasteiger partial charge in [0.15, 0.2) is 0 Å². The monoisotopic (exact) mass is 455 g/mol. The van der Waals surface area contributed by atoms with Crippen molar-refractivity contribution in [1.82, 2.24) is 9.97 Å². The highest BCUT2D eigenvalue weighted by Gasteiger charge is 2.48. The number of imidazole rings is 1. The number of nitrogens with zero attached hydrogens (tertiary/aromatic N) is 2. The summed E-state index contributed by atoms with van der Waals surface area (Å²) in [7, 11) is 1.54. The molecule has 5 rings (SSSR count). The number of carbonyl (C=O) groups is 2. The van der Waals surface area contributed by atoms with Gasteiger partial charge in [-0.05, 0) is 60.5 Å². The molecule has 1 unspecified atom stereocenters. The van der Waals surface area contributed by atoms with Crippen molar-refractivity contribution in [1.29, 1.82) is 0 Å². The molecule has 2 heterocycles. The Bertz CT molecular complexity index is 1450. The third-order valence-corrected chi connectivity index (χ3v) is 5.92. The maximum absolute atomic E-state index is 13.3. The Balaban J connectivity index is 1.74. The summed E-state index contributed by atoms with van der Waals surface area (Å²) < 4.78 is 5.23. The number of methoxy groups -OCH3 is 1. The number of phenols is 1. The third-order valence-electron chi connectivity index (χ3n) is 5.92. The molecule has 1 aliphatic heterocycles. The molecule has 0 radical (unpaired) electrons. The molecule has 170 valence electrons. The van der Waals surface area contributed by atoms with E-state index in [1.807, 2.05) is 18.2 Å². The van der Waals surface area contributed by atoms with Crippen molar-refractivity contribution in [2.75, 3.05) is 12.0 Å². The molecule has 1 aliphatic rings. The molecule has 1 atom stereocenters. The number of anilines is 1. The number of aromatic nitrogens is 2. The first-order valence-electron chi connectivity index (χ1n) is 10.6. The molecule has 1 fully saturated rings. The normalized spacial score (nSPS) is 17.5. The molecule has 0 saturated carbocycles. The lowest BCUT2D eigenvalue weighted by Gasteiger charge is -2.23. The highest BCUT2D eigenvalue weighted by Crippen LogP contribution is 2.42. The van der Waals surface area contributed by atoms with Crippen molar-refractivity contribution in [2.45, 2.75) is 13.0 Å². The Kier molecular flexibility index (Phi) is 5.05. The number of ether oxygens (including phenoxy) is 1. The first kappa shape index (κ1) is 21.3. The van der Waals surface area contributed by atoms with E-state index >= 15 is 0 Å². The van der Waals surface area contributed by atoms with Gasteiger partial charge in [-0.15, -0.1) is 0 Å². The molecule has 1 aromatic heterocycles. The second-order valence-electron chi connectivity index (χ2n) is 8.02. The number of aryl methyl sites for hydroxylation is 1. The number of rotatable bonds is 4. The fraction of sp³-hybridized carbons (Fsp3) is 0.115. The van der Waals surface area contributed by atoms with Crippen LogP contribution in [0, 0.1) is 6.92 Å². The van der Waals surface area contributed by atoms with Gasteiger partial charge in [0.25, 0.3) is 5.78 Å². The SMILES string of the molecule is COc1ccc(/C(O)=C2\C(=O)C(=O)N(c3nc4ccccc4[nH]3)C2c2cccc(O)c2)c(C)c1. The van der Waals surface area contributed by atoms with E-state index in [0.29, 0.717) is 33.5 Å². The molecule has 8 nitrogen and oxygen atoms in total. The van der Waals surface area contributed by atoms with Crippen molar-refractivity contribution < 1.29 is 24.5 Å². The van der Waals surface area contributed by atoms with Gasteiger partial charge in [0.1, 0.15) is 17.3 Å². The summed E-state index contributed by atoms with van der Waals surface area (Å²) in [4.78, 5) is 35.4. The number of hydrogen-bond acceptors (Lipinski definition) is 6. The number of fused-ring (bicyclic) bond motifs is 1. The van der Waals surface area contributed by atoms with Crippen molar-refractivity contribution >= 4 is 34.4 Å². The Morgan fingerprint density at radius 1 is 1.06 bits per heavy atom. The highest BCUT2D eigenvalue weighted by atomic mass is 16.5. The maximum Gasteiger partial charge on any atom is 0.302 e. The Labute approximate surface area is 194 Å². The van der Waals surface area contributed by atoms with Crippen LogP contribution in [-0.2, 0) is 9.59 Å². The number of amides is 1. The first-order chi connectivity index (χ1) is 16.4. The fourth-order valence-electron chi connectivity index (χ4n) is 4.29. The third kappa shape index (κ3) is 3.36. The summed E-state index contributed by atoms with van der Waals surface area (Å²) in [5.74, 6) is -1.26. The van der Waals surface area contributed by atoms with Gasteiger partial charge in [-0.2, -0.15) is 0 Å². The molecule has 1 saturated heterocycles. The summed E-state index contributed by atoms with van der Waals surface area (Å²) in [5, 5.41) is 21.4. The number of carbonyl (C=O) groups excluding carboxylic acids is 2. The number of nitrogens with one attached hydrogen (secondary N) is 1. The zero-order chi connectivity index (χ0) is 24.0. The van der Waals surface area contributed by atoms with Crippen LogP contribution in [0.3, 0.4) is 0 Å². The molecular weight excluding hydrogens is 434 g/mol. The van der Waals surface area contributed by atoms with Crippen LogP contribution in [0.4, 0.5) is 5.95 Å². The van der Waals surface area contributed by atoms with Gasteiger partial charge < -0.3 is 19.9 Å². The lowest BCUT2D eigenvalue weighted by molar-refractivity contribution is -0.132. The Hall–Kier alpha value is -4.59. The summed E-state index contributed by atoms with van der Waals surface area (Å²) in [6.45, 7) is 1.77. The van der Waals surface area contributed by atoms with E-state index in [1.165, 1.54) is 24.1 Å². The van der Waals surface area contributed by atoms with Gasteiger partial charge in [-0.25, -0.2) is 4.98 Å². The van der Waals surface area contributed by atoms with Crippen LogP contribution in [0.1, 0.15) is 22.7 Å². The maximum atomic E-state index is 13.3. The quantitative estimate of drug-likeness (QED) is 0.241. The minimum absolute atomic E-state index is 0.0340. The van der Waals surface area contributed by atoms with Gasteiger partial charge >= 0.3 is 5.91 Å². The van der Waals surface area contributed by atoms with E-state index in [2.05, 4.69) is 9.97 Å². The van der Waals surface area contributed by atoms with Crippen molar-refractivity contribution in [2.24, 2.45) is 0 Å². The van der Waals surface area contributed by atoms with Crippen molar-refractivity contribution in [3.8, 4) is 11.5 Å². The summed E-state index contributed by atoms with van der Waals surface area (Å²) >= 11 is 0. The molecule has 8 heteroatoms. The zero-order valence-corrected chi connectivity index (χ0v) is 18.4. The number of hydrogen-bond donors (Lipinski definition) is 3. The predicted molar refractivity (Wildman–Crippen MR) is 127 cm³/mol. The molecule has 4 aromatic rings. The number of para-hydroxylation sites is 2. The van der Waals surface area contributed by atoms with Gasteiger partial charge in [0.05, 0.1) is 29.8 Å². The van der Waals surface area contributed by atoms with Crippen LogP contribution in [0.25, 0.3) is 16.8 Å². The van der Waals surface area contributed by atoms with E-state index in [1.54, 1.807) is 43.3 Å². The smallest absolute Gasteiger partial charge is 0.302 e. The lowest BCUT2D eigenvalue weighted by Crippen LogP contribution is -2.30. The second kappa shape index (κ2) is 8.08. The number of aliphatic hydroxyl groups is 1. The Morgan fingerprint density at radius 2 is 1.85 bits per heavy atom. The number of ketones is 1. The molecule has 0 spiro atoms. The van der Waals surface area contributed by atoms with Crippen LogP contribution in [0.15, 0.2) is 72.3 Å². The van der Waals surface area contributed by atoms with Gasteiger partial charge in [0.2, 0.25) is 5.95 Å². The molecular formula is C26H21N3O5. The summed E-state index contributed by atoms with van der Waals surface area (Å²) in [6, 6.07) is 17.5. The number of aliphatic hydroxyl groups excluding tert-OH is 1. The van der Waals surface area contributed by atoms with Crippen LogP contribution in [-0.4, -0.2) is 39.0 Å². The number of H-pyrrole nitrogens is 1. The molecule has 3 aromatic carbocycles. The molecule has 0 bridgehead atoms. The average Bonchev–Trinajstić information content (AvgIpc) is 3.37. The van der Waals surface area contributed by atoms with Crippen molar-refractivity contribution in [3.05, 3.63) is 89.0 Å². The molecule has 34 heavy (non-hydrogen) atoms. The molecule has 1 amide bonds. The summed E-state index contributed by atoms with van der Waals surface area (Å²) in [6.07, 6.45) is 0. The number of Topliss-reactive ketones (excluding diaryl/α,β-unsaturated/α-hetero) is 1. The first-order valence-corrected chi connectivity index (χ1v) is 10.6. The largest absolute Gasteiger partial charge is 0.508 e. The molecule has 3 N–H and O–H groups in total. The van der Waals surface area contributed by atoms with Gasteiger partial charge in [-0.3, -0.25) is 14.5 Å². The lowest BCUT2D eigenvalue weighted by atomic mass is 9.94. The topological polar surface area (TPSA) is 116 Å². The van der Waals surface area contributed by atoms with E-state index in [0.717, 1.165) is 0 Å². The summed E-state index contributed by atoms with van der Waals surface area (Å²) in [5.41, 5.74) is 2.74. The highest BCUT2D eigenvalue weighted by molar-refractivity contribution is 6.51. The van der Waals surface area contributed by atoms with E-state index in [4.69, 9.17) is 4.74 Å². The second-order valence-corrected chi connectivity index (χ2v) is 8.02. The fourth-order valence-corrected chi connectivity index (χ4v) is 4.29. The van der Waals surface area contributed by atoms with Crippen LogP contribution < -0.4 is 9.64 Å². The van der Waals surface area contributed by atoms with E-state index in [9.17, 15) is 19.8 Å². The van der Waals surface area contributed by atoms with E-state index in [-0.39, 0.29) is 23.0 Å². The minimum Gasteiger partial charge on any atom is -0.508 e. The zero-order valence-electron chi connectivity index (χ0n) is 18.4. The van der Waals surface area contributed by atoms with Gasteiger partial charge in [0, 0.05) is 5.56 Å². The number of benzene rings is 3. The number of phenolic OH excluding ortho intramolecular Hbond substituents is 1. The average molecular weight is 455 g/mol. The predicted octanol–water partition coefficient (Wildman–Crippen LogP) is 4.21. The van der Waals surface area contributed by atoms with Crippen molar-refractivity contribution in [3.63, 3.8) is 0 Å².